The topological polar surface area (TPSA) is 71.2 Å². The summed E-state index contributed by atoms with van der Waals surface area (Å²) in [5.74, 6) is 0.601. The molecular formula is C17H21BrN4O. The number of amides is 1. The molecule has 0 saturated heterocycles. The monoisotopic (exact) mass is 376 g/mol. The molecule has 23 heavy (non-hydrogen) atoms. The Hall–Kier alpha value is -1.92. The summed E-state index contributed by atoms with van der Waals surface area (Å²) in [5, 5.41) is 2.91. The fraction of sp³-hybridized carbons (Fsp3) is 0.294. The second-order valence-electron chi connectivity index (χ2n) is 5.77. The van der Waals surface area contributed by atoms with Crippen molar-refractivity contribution in [3.8, 4) is 0 Å². The maximum absolute atomic E-state index is 12.5. The van der Waals surface area contributed by atoms with E-state index < -0.39 is 5.54 Å². The number of hydrogen-bond acceptors (Lipinski definition) is 4. The minimum Gasteiger partial charge on any atom is -0.362 e. The van der Waals surface area contributed by atoms with Crippen LogP contribution < -0.4 is 16.0 Å². The zero-order valence-electron chi connectivity index (χ0n) is 13.5. The van der Waals surface area contributed by atoms with Crippen molar-refractivity contribution in [3.63, 3.8) is 0 Å². The second-order valence-corrected chi connectivity index (χ2v) is 6.69. The van der Waals surface area contributed by atoms with Crippen LogP contribution in [0, 0.1) is 0 Å². The molecule has 0 aliphatic carbocycles. The molecule has 0 bridgehead atoms. The van der Waals surface area contributed by atoms with Crippen molar-refractivity contribution in [1.82, 2.24) is 10.3 Å². The van der Waals surface area contributed by atoms with Gasteiger partial charge in [-0.3, -0.25) is 4.79 Å². The predicted octanol–water partition coefficient (Wildman–Crippen LogP) is 2.40. The van der Waals surface area contributed by atoms with Crippen LogP contribution in [0.4, 0.5) is 5.82 Å². The molecule has 0 spiro atoms. The van der Waals surface area contributed by atoms with Crippen molar-refractivity contribution < 1.29 is 4.79 Å². The van der Waals surface area contributed by atoms with E-state index in [0.29, 0.717) is 6.54 Å². The highest BCUT2D eigenvalue weighted by Crippen LogP contribution is 2.21. The molecule has 0 aliphatic heterocycles. The van der Waals surface area contributed by atoms with Gasteiger partial charge in [0.25, 0.3) is 0 Å². The van der Waals surface area contributed by atoms with Crippen molar-refractivity contribution in [2.45, 2.75) is 19.0 Å². The summed E-state index contributed by atoms with van der Waals surface area (Å²) in [6.07, 6.45) is 1.73. The smallest absolute Gasteiger partial charge is 0.244 e. The average molecular weight is 377 g/mol. The van der Waals surface area contributed by atoms with Gasteiger partial charge >= 0.3 is 0 Å². The van der Waals surface area contributed by atoms with Crippen LogP contribution in [0.25, 0.3) is 0 Å². The van der Waals surface area contributed by atoms with E-state index in [0.717, 1.165) is 21.4 Å². The number of anilines is 1. The second kappa shape index (κ2) is 7.10. The van der Waals surface area contributed by atoms with Gasteiger partial charge in [0.2, 0.25) is 5.91 Å². The Balaban J connectivity index is 2.11. The Labute approximate surface area is 145 Å². The normalized spacial score (nSPS) is 13.3. The summed E-state index contributed by atoms with van der Waals surface area (Å²) in [6.45, 7) is 2.09. The lowest BCUT2D eigenvalue weighted by Crippen LogP contribution is -2.48. The van der Waals surface area contributed by atoms with Gasteiger partial charge in [-0.2, -0.15) is 0 Å². The third-order valence-corrected chi connectivity index (χ3v) is 4.17. The maximum atomic E-state index is 12.5. The molecule has 3 N–H and O–H groups in total. The Bertz CT molecular complexity index is 683. The fourth-order valence-corrected chi connectivity index (χ4v) is 2.52. The fourth-order valence-electron chi connectivity index (χ4n) is 2.26. The highest BCUT2D eigenvalue weighted by Gasteiger charge is 2.30. The molecule has 0 saturated carbocycles. The van der Waals surface area contributed by atoms with Gasteiger partial charge in [-0.1, -0.05) is 34.1 Å². The molecule has 6 heteroatoms. The molecule has 1 aromatic carbocycles. The molecule has 5 nitrogen and oxygen atoms in total. The molecule has 1 amide bonds. The Morgan fingerprint density at radius 3 is 2.57 bits per heavy atom. The first-order valence-electron chi connectivity index (χ1n) is 7.27. The van der Waals surface area contributed by atoms with Crippen molar-refractivity contribution in [1.29, 1.82) is 0 Å². The maximum Gasteiger partial charge on any atom is 0.244 e. The first kappa shape index (κ1) is 17.4. The Morgan fingerprint density at radius 2 is 1.96 bits per heavy atom. The van der Waals surface area contributed by atoms with Gasteiger partial charge in [0.1, 0.15) is 11.4 Å². The highest BCUT2D eigenvalue weighted by molar-refractivity contribution is 9.10. The van der Waals surface area contributed by atoms with E-state index in [1.54, 1.807) is 13.1 Å². The zero-order chi connectivity index (χ0) is 17.0. The van der Waals surface area contributed by atoms with Crippen molar-refractivity contribution in [2.75, 3.05) is 19.0 Å². The standard InChI is InChI=1S/C17H21BrN4O/c1-17(19,13-6-8-14(18)9-7-13)16(23)21-11-12-5-4-10-20-15(12)22(2)3/h4-10H,11,19H2,1-3H3,(H,21,23). The summed E-state index contributed by atoms with van der Waals surface area (Å²) < 4.78 is 0.948. The van der Waals surface area contributed by atoms with Gasteiger partial charge in [0, 0.05) is 36.9 Å². The minimum absolute atomic E-state index is 0.228. The average Bonchev–Trinajstić information content (AvgIpc) is 2.53. The molecular weight excluding hydrogens is 356 g/mol. The number of halogens is 1. The van der Waals surface area contributed by atoms with Crippen LogP contribution in [0.2, 0.25) is 0 Å². The number of carbonyl (C=O) groups is 1. The Morgan fingerprint density at radius 1 is 1.30 bits per heavy atom. The lowest BCUT2D eigenvalue weighted by Gasteiger charge is -2.25. The van der Waals surface area contributed by atoms with E-state index >= 15 is 0 Å². The number of pyridine rings is 1. The molecule has 1 atom stereocenters. The number of nitrogens with zero attached hydrogens (tertiary/aromatic N) is 2. The van der Waals surface area contributed by atoms with E-state index in [4.69, 9.17) is 5.73 Å². The first-order valence-corrected chi connectivity index (χ1v) is 8.06. The molecule has 2 rings (SSSR count). The van der Waals surface area contributed by atoms with Gasteiger partial charge in [-0.05, 0) is 30.7 Å². The number of nitrogens with two attached hydrogens (primary N) is 1. The van der Waals surface area contributed by atoms with Crippen LogP contribution >= 0.6 is 15.9 Å². The van der Waals surface area contributed by atoms with Crippen molar-refractivity contribution in [3.05, 3.63) is 58.2 Å². The van der Waals surface area contributed by atoms with Gasteiger partial charge in [-0.15, -0.1) is 0 Å². The summed E-state index contributed by atoms with van der Waals surface area (Å²) in [4.78, 5) is 18.8. The molecule has 1 aromatic heterocycles. The van der Waals surface area contributed by atoms with Crippen LogP contribution in [-0.4, -0.2) is 25.0 Å². The third kappa shape index (κ3) is 4.09. The van der Waals surface area contributed by atoms with Crippen molar-refractivity contribution in [2.24, 2.45) is 5.73 Å². The minimum atomic E-state index is -1.10. The van der Waals surface area contributed by atoms with E-state index in [2.05, 4.69) is 26.2 Å². The number of carbonyl (C=O) groups excluding carboxylic acids is 1. The molecule has 2 aromatic rings. The van der Waals surface area contributed by atoms with Crippen LogP contribution in [0.5, 0.6) is 0 Å². The summed E-state index contributed by atoms with van der Waals surface area (Å²) in [7, 11) is 3.84. The van der Waals surface area contributed by atoms with Crippen molar-refractivity contribution >= 4 is 27.7 Å². The van der Waals surface area contributed by atoms with Crippen LogP contribution in [0.15, 0.2) is 47.1 Å². The molecule has 122 valence electrons. The summed E-state index contributed by atoms with van der Waals surface area (Å²) >= 11 is 3.38. The van der Waals surface area contributed by atoms with Gasteiger partial charge < -0.3 is 16.0 Å². The van der Waals surface area contributed by atoms with Crippen LogP contribution in [-0.2, 0) is 16.9 Å². The van der Waals surface area contributed by atoms with Gasteiger partial charge in [0.05, 0.1) is 0 Å². The first-order chi connectivity index (χ1) is 10.8. The number of hydrogen-bond donors (Lipinski definition) is 2. The molecule has 1 unspecified atom stereocenters. The highest BCUT2D eigenvalue weighted by atomic mass is 79.9. The van der Waals surface area contributed by atoms with E-state index in [1.807, 2.05) is 55.4 Å². The van der Waals surface area contributed by atoms with Crippen LogP contribution in [0.1, 0.15) is 18.1 Å². The molecule has 1 heterocycles. The Kier molecular flexibility index (Phi) is 5.38. The van der Waals surface area contributed by atoms with Gasteiger partial charge in [-0.25, -0.2) is 4.98 Å². The number of benzene rings is 1. The van der Waals surface area contributed by atoms with E-state index in [9.17, 15) is 4.79 Å². The SMILES string of the molecule is CN(C)c1ncccc1CNC(=O)C(C)(N)c1ccc(Br)cc1. The third-order valence-electron chi connectivity index (χ3n) is 3.65. The quantitative estimate of drug-likeness (QED) is 0.840. The lowest BCUT2D eigenvalue weighted by atomic mass is 9.92. The summed E-state index contributed by atoms with van der Waals surface area (Å²) in [6, 6.07) is 11.2. The van der Waals surface area contributed by atoms with E-state index in [1.165, 1.54) is 0 Å². The number of nitrogens with one attached hydrogen (secondary N) is 1. The number of rotatable bonds is 5. The largest absolute Gasteiger partial charge is 0.362 e. The van der Waals surface area contributed by atoms with Gasteiger partial charge in [0.15, 0.2) is 0 Å². The summed E-state index contributed by atoms with van der Waals surface area (Å²) in [5.41, 5.74) is 6.85. The molecule has 0 aliphatic rings. The molecule has 0 radical (unpaired) electrons. The number of aromatic nitrogens is 1. The predicted molar refractivity (Wildman–Crippen MR) is 96.1 cm³/mol. The van der Waals surface area contributed by atoms with E-state index in [-0.39, 0.29) is 5.91 Å². The zero-order valence-corrected chi connectivity index (χ0v) is 15.1. The lowest BCUT2D eigenvalue weighted by molar-refractivity contribution is -0.126. The molecule has 0 fully saturated rings. The van der Waals surface area contributed by atoms with Crippen LogP contribution in [0.3, 0.4) is 0 Å².